The third-order valence-electron chi connectivity index (χ3n) is 3.76. The maximum atomic E-state index is 12.5. The minimum Gasteiger partial charge on any atom is -0.454 e. The highest BCUT2D eigenvalue weighted by Crippen LogP contribution is 2.35. The van der Waals surface area contributed by atoms with Crippen molar-refractivity contribution in [2.45, 2.75) is 18.4 Å². The van der Waals surface area contributed by atoms with Crippen molar-refractivity contribution in [2.24, 2.45) is 0 Å². The number of para-hydroxylation sites is 1. The van der Waals surface area contributed by atoms with Crippen LogP contribution in [0.4, 0.5) is 0 Å². The van der Waals surface area contributed by atoms with Crippen molar-refractivity contribution in [2.75, 3.05) is 12.5 Å². The molecule has 24 heavy (non-hydrogen) atoms. The Hall–Kier alpha value is -2.54. The fourth-order valence-electron chi connectivity index (χ4n) is 2.48. The van der Waals surface area contributed by atoms with E-state index in [0.717, 1.165) is 5.56 Å². The smallest absolute Gasteiger partial charge is 0.252 e. The second kappa shape index (κ2) is 6.52. The van der Waals surface area contributed by atoms with Gasteiger partial charge in [0.15, 0.2) is 21.3 Å². The first-order chi connectivity index (χ1) is 11.5. The second-order valence-electron chi connectivity index (χ2n) is 5.23. The molecule has 1 aliphatic rings. The molecule has 0 aliphatic carbocycles. The molecule has 0 atom stereocenters. The maximum absolute atomic E-state index is 12.5. The van der Waals surface area contributed by atoms with Crippen LogP contribution < -0.4 is 14.8 Å². The molecule has 1 N–H and O–H groups in total. The second-order valence-corrected chi connectivity index (χ2v) is 7.48. The van der Waals surface area contributed by atoms with E-state index >= 15 is 0 Å². The summed E-state index contributed by atoms with van der Waals surface area (Å²) in [6.07, 6.45) is 0. The Kier molecular flexibility index (Phi) is 4.44. The molecule has 0 fully saturated rings. The van der Waals surface area contributed by atoms with Crippen LogP contribution in [0.2, 0.25) is 0 Å². The highest BCUT2D eigenvalue weighted by atomic mass is 32.2. The van der Waals surface area contributed by atoms with E-state index < -0.39 is 15.7 Å². The minimum absolute atomic E-state index is 0.0443. The highest BCUT2D eigenvalue weighted by Gasteiger charge is 2.21. The summed E-state index contributed by atoms with van der Waals surface area (Å²) >= 11 is 0. The van der Waals surface area contributed by atoms with Crippen LogP contribution in [0, 0.1) is 0 Å². The van der Waals surface area contributed by atoms with Crippen molar-refractivity contribution in [3.63, 3.8) is 0 Å². The highest BCUT2D eigenvalue weighted by molar-refractivity contribution is 7.91. The number of rotatable bonds is 5. The fraction of sp³-hybridized carbons (Fsp3) is 0.235. The lowest BCUT2D eigenvalue weighted by molar-refractivity contribution is 0.0947. The first-order valence-electron chi connectivity index (χ1n) is 7.50. The van der Waals surface area contributed by atoms with Gasteiger partial charge in [-0.2, -0.15) is 0 Å². The summed E-state index contributed by atoms with van der Waals surface area (Å²) in [5.74, 6) is 0.733. The summed E-state index contributed by atoms with van der Waals surface area (Å²) in [6.45, 7) is 1.92. The lowest BCUT2D eigenvalue weighted by Gasteiger charge is -2.11. The number of carbonyl (C=O) groups is 1. The van der Waals surface area contributed by atoms with Crippen molar-refractivity contribution in [1.82, 2.24) is 5.32 Å². The number of nitrogens with one attached hydrogen (secondary N) is 1. The average molecular weight is 347 g/mol. The predicted octanol–water partition coefficient (Wildman–Crippen LogP) is 2.14. The summed E-state index contributed by atoms with van der Waals surface area (Å²) < 4.78 is 35.0. The van der Waals surface area contributed by atoms with Gasteiger partial charge < -0.3 is 14.8 Å². The first kappa shape index (κ1) is 16.3. The largest absolute Gasteiger partial charge is 0.454 e. The van der Waals surface area contributed by atoms with Crippen LogP contribution in [-0.4, -0.2) is 26.9 Å². The number of carbonyl (C=O) groups excluding carboxylic acids is 1. The van der Waals surface area contributed by atoms with Crippen LogP contribution in [0.15, 0.2) is 47.4 Å². The molecule has 0 aromatic heterocycles. The van der Waals surface area contributed by atoms with Gasteiger partial charge in [0, 0.05) is 12.1 Å². The van der Waals surface area contributed by atoms with Gasteiger partial charge in [0.25, 0.3) is 5.91 Å². The van der Waals surface area contributed by atoms with Crippen molar-refractivity contribution < 1.29 is 22.7 Å². The van der Waals surface area contributed by atoms with Crippen LogP contribution in [0.3, 0.4) is 0 Å². The van der Waals surface area contributed by atoms with E-state index in [1.807, 2.05) is 12.1 Å². The lowest BCUT2D eigenvalue weighted by atomic mass is 10.1. The molecule has 0 saturated heterocycles. The first-order valence-corrected chi connectivity index (χ1v) is 9.15. The summed E-state index contributed by atoms with van der Waals surface area (Å²) in [5, 5.41) is 2.74. The fourth-order valence-corrected chi connectivity index (χ4v) is 3.57. The zero-order valence-electron chi connectivity index (χ0n) is 13.1. The maximum Gasteiger partial charge on any atom is 0.252 e. The van der Waals surface area contributed by atoms with Crippen LogP contribution in [0.5, 0.6) is 11.5 Å². The van der Waals surface area contributed by atoms with Gasteiger partial charge in [-0.3, -0.25) is 4.79 Å². The van der Waals surface area contributed by atoms with Crippen LogP contribution in [-0.2, 0) is 16.4 Å². The van der Waals surface area contributed by atoms with Crippen LogP contribution in [0.25, 0.3) is 0 Å². The van der Waals surface area contributed by atoms with E-state index in [4.69, 9.17) is 9.47 Å². The molecule has 2 aromatic carbocycles. The van der Waals surface area contributed by atoms with Crippen molar-refractivity contribution in [1.29, 1.82) is 0 Å². The Morgan fingerprint density at radius 2 is 1.92 bits per heavy atom. The summed E-state index contributed by atoms with van der Waals surface area (Å²) in [7, 11) is -3.47. The van der Waals surface area contributed by atoms with E-state index in [9.17, 15) is 13.2 Å². The zero-order valence-corrected chi connectivity index (χ0v) is 13.9. The Morgan fingerprint density at radius 1 is 1.12 bits per heavy atom. The molecular formula is C17H17NO5S. The van der Waals surface area contributed by atoms with Gasteiger partial charge in [-0.1, -0.05) is 31.2 Å². The lowest BCUT2D eigenvalue weighted by Crippen LogP contribution is -2.25. The van der Waals surface area contributed by atoms with E-state index in [1.54, 1.807) is 25.1 Å². The molecule has 0 radical (unpaired) electrons. The van der Waals surface area contributed by atoms with Crippen molar-refractivity contribution >= 4 is 15.7 Å². The van der Waals surface area contributed by atoms with Gasteiger partial charge in [-0.25, -0.2) is 8.42 Å². The Labute approximate surface area is 140 Å². The van der Waals surface area contributed by atoms with E-state index in [2.05, 4.69) is 5.32 Å². The molecule has 1 aliphatic heterocycles. The molecule has 126 valence electrons. The van der Waals surface area contributed by atoms with E-state index in [-0.39, 0.29) is 29.5 Å². The Balaban J connectivity index is 1.81. The molecule has 0 unspecified atom stereocenters. The number of benzene rings is 2. The number of ether oxygens (including phenoxy) is 2. The number of hydrogen-bond acceptors (Lipinski definition) is 5. The third kappa shape index (κ3) is 3.07. The molecule has 0 bridgehead atoms. The van der Waals surface area contributed by atoms with Gasteiger partial charge in [-0.15, -0.1) is 0 Å². The normalized spacial score (nSPS) is 12.9. The molecule has 0 spiro atoms. The zero-order chi connectivity index (χ0) is 17.2. The standard InChI is InChI=1S/C17H17NO5S/c1-2-24(20,21)15-9-4-3-7-13(15)17(19)18-10-12-6-5-8-14-16(12)23-11-22-14/h3-9H,2,10-11H2,1H3,(H,18,19). The summed E-state index contributed by atoms with van der Waals surface area (Å²) in [6, 6.07) is 11.6. The number of amides is 1. The number of fused-ring (bicyclic) bond motifs is 1. The van der Waals surface area contributed by atoms with Gasteiger partial charge in [0.2, 0.25) is 6.79 Å². The predicted molar refractivity (Wildman–Crippen MR) is 87.9 cm³/mol. The molecule has 7 heteroatoms. The van der Waals surface area contributed by atoms with Gasteiger partial charge in [-0.05, 0) is 18.2 Å². The third-order valence-corrected chi connectivity index (χ3v) is 5.55. The topological polar surface area (TPSA) is 81.7 Å². The van der Waals surface area contributed by atoms with Crippen molar-refractivity contribution in [3.8, 4) is 11.5 Å². The van der Waals surface area contributed by atoms with E-state index in [1.165, 1.54) is 12.1 Å². The Bertz CT molecular complexity index is 876. The minimum atomic E-state index is -3.47. The van der Waals surface area contributed by atoms with Crippen LogP contribution >= 0.6 is 0 Å². The average Bonchev–Trinajstić information content (AvgIpc) is 3.09. The molecule has 6 nitrogen and oxygen atoms in total. The number of hydrogen-bond donors (Lipinski definition) is 1. The van der Waals surface area contributed by atoms with Gasteiger partial charge >= 0.3 is 0 Å². The Morgan fingerprint density at radius 3 is 2.71 bits per heavy atom. The van der Waals surface area contributed by atoms with Crippen molar-refractivity contribution in [3.05, 3.63) is 53.6 Å². The molecular weight excluding hydrogens is 330 g/mol. The SMILES string of the molecule is CCS(=O)(=O)c1ccccc1C(=O)NCc1cccc2c1OCO2. The number of sulfone groups is 1. The summed E-state index contributed by atoms with van der Waals surface area (Å²) in [5.41, 5.74) is 0.915. The molecule has 0 saturated carbocycles. The van der Waals surface area contributed by atoms with Gasteiger partial charge in [0.1, 0.15) is 0 Å². The quantitative estimate of drug-likeness (QED) is 0.896. The van der Waals surface area contributed by atoms with Crippen LogP contribution in [0.1, 0.15) is 22.8 Å². The summed E-state index contributed by atoms with van der Waals surface area (Å²) in [4.78, 5) is 12.5. The van der Waals surface area contributed by atoms with Gasteiger partial charge in [0.05, 0.1) is 16.2 Å². The monoisotopic (exact) mass is 347 g/mol. The molecule has 1 heterocycles. The molecule has 2 aromatic rings. The molecule has 1 amide bonds. The van der Waals surface area contributed by atoms with E-state index in [0.29, 0.717) is 11.5 Å². The molecule has 3 rings (SSSR count).